The topological polar surface area (TPSA) is 77.1 Å². The summed E-state index contributed by atoms with van der Waals surface area (Å²) in [4.78, 5) is 17.5. The Balaban J connectivity index is 1.36. The molecule has 1 aliphatic carbocycles. The first-order valence-electron chi connectivity index (χ1n) is 11.5. The van der Waals surface area contributed by atoms with Crippen LogP contribution < -0.4 is 5.32 Å². The van der Waals surface area contributed by atoms with Crippen molar-refractivity contribution in [1.82, 2.24) is 24.4 Å². The number of benzene rings is 2. The van der Waals surface area contributed by atoms with Gasteiger partial charge >= 0.3 is 6.18 Å². The third kappa shape index (κ3) is 4.18. The first-order valence-corrected chi connectivity index (χ1v) is 11.9. The number of hydrogen-bond donors (Lipinski definition) is 1. The molecule has 1 N–H and O–H groups in total. The highest BCUT2D eigenvalue weighted by molar-refractivity contribution is 6.37. The number of anilines is 1. The largest absolute Gasteiger partial charge is 0.433 e. The van der Waals surface area contributed by atoms with Crippen molar-refractivity contribution in [3.05, 3.63) is 99.8 Å². The van der Waals surface area contributed by atoms with Crippen molar-refractivity contribution in [1.29, 1.82) is 0 Å². The van der Waals surface area contributed by atoms with Gasteiger partial charge in [0.05, 0.1) is 24.1 Å². The summed E-state index contributed by atoms with van der Waals surface area (Å²) in [6.07, 6.45) is -1.32. The molecule has 0 spiro atoms. The number of aromatic nitrogens is 5. The summed E-state index contributed by atoms with van der Waals surface area (Å²) in [5.74, 6) is -1.17. The Bertz CT molecular complexity index is 1710. The lowest BCUT2D eigenvalue weighted by Crippen LogP contribution is -2.21. The lowest BCUT2D eigenvalue weighted by molar-refractivity contribution is -0.143. The minimum atomic E-state index is -4.76. The summed E-state index contributed by atoms with van der Waals surface area (Å²) < 4.78 is 58.2. The van der Waals surface area contributed by atoms with Crippen molar-refractivity contribution in [3.8, 4) is 11.3 Å². The maximum absolute atomic E-state index is 14.3. The van der Waals surface area contributed by atoms with Gasteiger partial charge in [-0.2, -0.15) is 23.4 Å². The molecule has 1 aliphatic rings. The Labute approximate surface area is 217 Å². The monoisotopic (exact) mass is 540 g/mol. The van der Waals surface area contributed by atoms with Crippen LogP contribution in [-0.2, 0) is 25.6 Å². The van der Waals surface area contributed by atoms with E-state index in [1.54, 1.807) is 24.3 Å². The fourth-order valence-electron chi connectivity index (χ4n) is 4.66. The van der Waals surface area contributed by atoms with Gasteiger partial charge in [-0.1, -0.05) is 48.0 Å². The van der Waals surface area contributed by atoms with E-state index in [0.29, 0.717) is 23.0 Å². The molecule has 2 aromatic carbocycles. The number of amides is 1. The first kappa shape index (κ1) is 24.1. The molecule has 0 unspecified atom stereocenters. The van der Waals surface area contributed by atoms with Gasteiger partial charge in [-0.15, -0.1) is 0 Å². The van der Waals surface area contributed by atoms with Crippen LogP contribution in [-0.4, -0.2) is 30.3 Å². The molecular formula is C26H17ClF4N6O. The summed E-state index contributed by atoms with van der Waals surface area (Å²) in [5.41, 5.74) is 1.09. The summed E-state index contributed by atoms with van der Waals surface area (Å²) in [5, 5.41) is 10.4. The van der Waals surface area contributed by atoms with Gasteiger partial charge < -0.3 is 5.32 Å². The average Bonchev–Trinajstić information content (AvgIpc) is 3.46. The molecule has 0 saturated carbocycles. The van der Waals surface area contributed by atoms with Crippen LogP contribution >= 0.6 is 11.6 Å². The Hall–Kier alpha value is -4.25. The molecule has 5 aromatic rings. The van der Waals surface area contributed by atoms with Crippen LogP contribution in [0.15, 0.2) is 60.9 Å². The SMILES string of the molecule is O=C(Nc1cnn(Cc2ccc(F)cc2)c1)c1nn2c(C(F)(F)F)c3c(nc2c1Cl)-c1ccccc1CC3. The zero-order valence-electron chi connectivity index (χ0n) is 19.4. The molecule has 1 amide bonds. The molecular weight excluding hydrogens is 524 g/mol. The average molecular weight is 541 g/mol. The van der Waals surface area contributed by atoms with Crippen LogP contribution in [0.3, 0.4) is 0 Å². The van der Waals surface area contributed by atoms with E-state index in [4.69, 9.17) is 11.6 Å². The minimum Gasteiger partial charge on any atom is -0.318 e. The van der Waals surface area contributed by atoms with Gasteiger partial charge in [0.2, 0.25) is 0 Å². The fraction of sp³-hybridized carbons (Fsp3) is 0.154. The van der Waals surface area contributed by atoms with Crippen LogP contribution in [0.5, 0.6) is 0 Å². The van der Waals surface area contributed by atoms with Crippen molar-refractivity contribution in [3.63, 3.8) is 0 Å². The normalized spacial score (nSPS) is 12.9. The lowest BCUT2D eigenvalue weighted by Gasteiger charge is -2.23. The molecule has 38 heavy (non-hydrogen) atoms. The Morgan fingerprint density at radius 3 is 2.61 bits per heavy atom. The maximum Gasteiger partial charge on any atom is 0.433 e. The molecule has 0 radical (unpaired) electrons. The quantitative estimate of drug-likeness (QED) is 0.292. The second-order valence-corrected chi connectivity index (χ2v) is 9.23. The summed E-state index contributed by atoms with van der Waals surface area (Å²) >= 11 is 6.41. The van der Waals surface area contributed by atoms with E-state index in [2.05, 4.69) is 20.5 Å². The molecule has 7 nitrogen and oxygen atoms in total. The van der Waals surface area contributed by atoms with E-state index in [0.717, 1.165) is 11.1 Å². The van der Waals surface area contributed by atoms with E-state index in [9.17, 15) is 22.4 Å². The molecule has 192 valence electrons. The lowest BCUT2D eigenvalue weighted by atomic mass is 9.88. The number of nitrogens with zero attached hydrogens (tertiary/aromatic N) is 5. The second kappa shape index (κ2) is 8.95. The Kier molecular flexibility index (Phi) is 5.68. The molecule has 0 aliphatic heterocycles. The predicted molar refractivity (Wildman–Crippen MR) is 132 cm³/mol. The third-order valence-corrected chi connectivity index (χ3v) is 6.70. The highest BCUT2D eigenvalue weighted by Crippen LogP contribution is 2.41. The molecule has 6 rings (SSSR count). The van der Waals surface area contributed by atoms with Gasteiger partial charge in [-0.05, 0) is 36.1 Å². The number of nitrogens with one attached hydrogen (secondary N) is 1. The van der Waals surface area contributed by atoms with Crippen LogP contribution in [0, 0.1) is 5.82 Å². The van der Waals surface area contributed by atoms with E-state index >= 15 is 0 Å². The number of fused-ring (bicyclic) bond motifs is 4. The van der Waals surface area contributed by atoms with Crippen molar-refractivity contribution in [2.75, 3.05) is 5.32 Å². The predicted octanol–water partition coefficient (Wildman–Crippen LogP) is 5.80. The molecule has 0 bridgehead atoms. The Morgan fingerprint density at radius 2 is 1.84 bits per heavy atom. The first-order chi connectivity index (χ1) is 18.2. The van der Waals surface area contributed by atoms with Crippen molar-refractivity contribution in [2.45, 2.75) is 25.6 Å². The van der Waals surface area contributed by atoms with E-state index in [1.165, 1.54) is 29.2 Å². The number of aryl methyl sites for hydroxylation is 1. The van der Waals surface area contributed by atoms with Crippen LogP contribution in [0.1, 0.15) is 32.9 Å². The zero-order chi connectivity index (χ0) is 26.6. The Morgan fingerprint density at radius 1 is 1.08 bits per heavy atom. The zero-order valence-corrected chi connectivity index (χ0v) is 20.2. The molecule has 0 saturated heterocycles. The number of carbonyl (C=O) groups excluding carboxylic acids is 1. The van der Waals surface area contributed by atoms with Crippen LogP contribution in [0.25, 0.3) is 16.9 Å². The van der Waals surface area contributed by atoms with Gasteiger partial charge in [0, 0.05) is 17.3 Å². The van der Waals surface area contributed by atoms with Gasteiger partial charge in [-0.25, -0.2) is 13.9 Å². The van der Waals surface area contributed by atoms with Crippen LogP contribution in [0.4, 0.5) is 23.2 Å². The summed E-state index contributed by atoms with van der Waals surface area (Å²) in [7, 11) is 0. The fourth-order valence-corrected chi connectivity index (χ4v) is 4.91. The van der Waals surface area contributed by atoms with Gasteiger partial charge in [0.1, 0.15) is 10.8 Å². The number of rotatable bonds is 4. The smallest absolute Gasteiger partial charge is 0.318 e. The van der Waals surface area contributed by atoms with E-state index in [-0.39, 0.29) is 39.9 Å². The molecule has 0 atom stereocenters. The van der Waals surface area contributed by atoms with Crippen molar-refractivity contribution < 1.29 is 22.4 Å². The highest BCUT2D eigenvalue weighted by atomic mass is 35.5. The van der Waals surface area contributed by atoms with Gasteiger partial charge in [0.15, 0.2) is 17.0 Å². The van der Waals surface area contributed by atoms with Gasteiger partial charge in [0.25, 0.3) is 5.91 Å². The third-order valence-electron chi connectivity index (χ3n) is 6.36. The van der Waals surface area contributed by atoms with Crippen LogP contribution in [0.2, 0.25) is 5.02 Å². The summed E-state index contributed by atoms with van der Waals surface area (Å²) in [6, 6.07) is 13.0. The van der Waals surface area contributed by atoms with E-state index in [1.807, 2.05) is 12.1 Å². The van der Waals surface area contributed by atoms with Crippen molar-refractivity contribution in [2.24, 2.45) is 0 Å². The molecule has 12 heteroatoms. The maximum atomic E-state index is 14.3. The molecule has 0 fully saturated rings. The molecule has 3 heterocycles. The minimum absolute atomic E-state index is 0.0110. The van der Waals surface area contributed by atoms with Gasteiger partial charge in [-0.3, -0.25) is 9.48 Å². The second-order valence-electron chi connectivity index (χ2n) is 8.85. The molecule has 3 aromatic heterocycles. The van der Waals surface area contributed by atoms with Crippen molar-refractivity contribution >= 4 is 28.8 Å². The highest BCUT2D eigenvalue weighted by Gasteiger charge is 2.41. The van der Waals surface area contributed by atoms with E-state index < -0.39 is 23.5 Å². The number of halogens is 5. The standard InChI is InChI=1S/C26H17ClF4N6O/c27-20-22(25(38)33-17-11-32-36(13-17)12-14-5-8-16(28)9-6-14)35-37-23(26(29,30)31)19-10-7-15-3-1-2-4-18(15)21(19)34-24(20)37/h1-6,8-9,11,13H,7,10,12H2,(H,33,38). The number of carbonyl (C=O) groups is 1. The number of alkyl halides is 3. The number of hydrogen-bond acceptors (Lipinski definition) is 4. The summed E-state index contributed by atoms with van der Waals surface area (Å²) in [6.45, 7) is 0.317.